The molecule has 2 heterocycles. The predicted molar refractivity (Wildman–Crippen MR) is 97.7 cm³/mol. The average molecular weight is 356 g/mol. The van der Waals surface area contributed by atoms with Crippen molar-refractivity contribution >= 4 is 40.6 Å². The maximum atomic E-state index is 12.1. The highest BCUT2D eigenvalue weighted by molar-refractivity contribution is 8.15. The van der Waals surface area contributed by atoms with Crippen molar-refractivity contribution in [2.45, 2.75) is 18.6 Å². The van der Waals surface area contributed by atoms with Crippen LogP contribution >= 0.6 is 11.8 Å². The number of nitrogens with one attached hydrogen (secondary N) is 2. The van der Waals surface area contributed by atoms with Crippen molar-refractivity contribution in [1.82, 2.24) is 5.32 Å². The molecule has 1 aromatic heterocycles. The van der Waals surface area contributed by atoms with E-state index in [4.69, 9.17) is 4.42 Å². The molecule has 1 unspecified atom stereocenters. The Kier molecular flexibility index (Phi) is 5.30. The van der Waals surface area contributed by atoms with Crippen LogP contribution in [0.15, 0.2) is 57.3 Å². The fourth-order valence-electron chi connectivity index (χ4n) is 2.11. The Bertz CT molecular complexity index is 813. The van der Waals surface area contributed by atoms with Crippen LogP contribution in [0.5, 0.6) is 0 Å². The number of thioether (sulfide) groups is 1. The van der Waals surface area contributed by atoms with E-state index in [1.165, 1.54) is 24.2 Å². The second-order valence-electron chi connectivity index (χ2n) is 5.38. The van der Waals surface area contributed by atoms with Crippen LogP contribution < -0.4 is 10.6 Å². The van der Waals surface area contributed by atoms with Gasteiger partial charge in [-0.3, -0.25) is 9.59 Å². The van der Waals surface area contributed by atoms with Crippen LogP contribution in [0.4, 0.5) is 5.69 Å². The van der Waals surface area contributed by atoms with E-state index in [1.807, 2.05) is 31.2 Å². The van der Waals surface area contributed by atoms with Crippen molar-refractivity contribution in [3.05, 3.63) is 54.0 Å². The fourth-order valence-corrected chi connectivity index (χ4v) is 3.03. The van der Waals surface area contributed by atoms with E-state index in [9.17, 15) is 9.59 Å². The minimum atomic E-state index is -0.525. The van der Waals surface area contributed by atoms with E-state index in [0.29, 0.717) is 16.6 Å². The normalized spacial score (nSPS) is 18.7. The molecule has 8 heteroatoms. The summed E-state index contributed by atoms with van der Waals surface area (Å²) in [6.45, 7) is 1.97. The predicted octanol–water partition coefficient (Wildman–Crippen LogP) is 2.54. The van der Waals surface area contributed by atoms with Gasteiger partial charge in [-0.25, -0.2) is 0 Å². The summed E-state index contributed by atoms with van der Waals surface area (Å²) in [7, 11) is 0. The highest BCUT2D eigenvalue weighted by atomic mass is 32.2. The van der Waals surface area contributed by atoms with Crippen LogP contribution in [-0.4, -0.2) is 28.4 Å². The van der Waals surface area contributed by atoms with Gasteiger partial charge in [0.15, 0.2) is 5.17 Å². The molecule has 2 aromatic rings. The van der Waals surface area contributed by atoms with Gasteiger partial charge in [-0.1, -0.05) is 29.5 Å². The summed E-state index contributed by atoms with van der Waals surface area (Å²) in [6.07, 6.45) is 3.03. The molecule has 1 aliphatic heterocycles. The molecule has 0 saturated carbocycles. The Balaban J connectivity index is 1.53. The van der Waals surface area contributed by atoms with Crippen LogP contribution in [0.25, 0.3) is 0 Å². The molecule has 2 N–H and O–H groups in total. The third-order valence-corrected chi connectivity index (χ3v) is 4.43. The van der Waals surface area contributed by atoms with Crippen molar-refractivity contribution in [2.75, 3.05) is 5.32 Å². The minimum Gasteiger partial charge on any atom is -0.463 e. The smallest absolute Gasteiger partial charge is 0.240 e. The van der Waals surface area contributed by atoms with Crippen molar-refractivity contribution in [3.63, 3.8) is 0 Å². The van der Waals surface area contributed by atoms with E-state index in [2.05, 4.69) is 20.8 Å². The summed E-state index contributed by atoms with van der Waals surface area (Å²) in [5.74, 6) is 0.0838. The molecule has 1 atom stereocenters. The zero-order chi connectivity index (χ0) is 17.6. The molecule has 1 aromatic carbocycles. The zero-order valence-electron chi connectivity index (χ0n) is 13.4. The summed E-state index contributed by atoms with van der Waals surface area (Å²) in [6, 6.07) is 10.9. The molecule has 2 amide bonds. The van der Waals surface area contributed by atoms with Gasteiger partial charge in [0, 0.05) is 12.1 Å². The number of anilines is 1. The number of hydrogen-bond donors (Lipinski definition) is 2. The number of hydrogen-bond acceptors (Lipinski definition) is 6. The largest absolute Gasteiger partial charge is 0.463 e. The lowest BCUT2D eigenvalue weighted by molar-refractivity contribution is -0.122. The van der Waals surface area contributed by atoms with E-state index in [-0.39, 0.29) is 18.2 Å². The third-order valence-electron chi connectivity index (χ3n) is 3.36. The summed E-state index contributed by atoms with van der Waals surface area (Å²) < 4.78 is 5.09. The number of carbonyl (C=O) groups excluding carboxylic acids is 2. The van der Waals surface area contributed by atoms with Crippen molar-refractivity contribution < 1.29 is 14.0 Å². The van der Waals surface area contributed by atoms with Crippen molar-refractivity contribution in [3.8, 4) is 0 Å². The first-order chi connectivity index (χ1) is 12.1. The number of furan rings is 1. The highest BCUT2D eigenvalue weighted by Crippen LogP contribution is 2.23. The van der Waals surface area contributed by atoms with Gasteiger partial charge in [0.2, 0.25) is 11.8 Å². The molecule has 3 rings (SSSR count). The molecule has 0 bridgehead atoms. The maximum Gasteiger partial charge on any atom is 0.240 e. The molecule has 1 fully saturated rings. The number of amidine groups is 1. The van der Waals surface area contributed by atoms with Crippen LogP contribution in [0.3, 0.4) is 0 Å². The van der Waals surface area contributed by atoms with Gasteiger partial charge in [0.05, 0.1) is 12.5 Å². The summed E-state index contributed by atoms with van der Waals surface area (Å²) in [5, 5.41) is 13.0. The van der Waals surface area contributed by atoms with Crippen LogP contribution in [0, 0.1) is 6.92 Å². The first kappa shape index (κ1) is 17.0. The number of amides is 2. The molecule has 1 aliphatic rings. The Hall–Kier alpha value is -2.87. The lowest BCUT2D eigenvalue weighted by Gasteiger charge is -2.07. The standard InChI is InChI=1S/C17H16N4O3S/c1-11-4-6-12(7-5-11)19-15(22)9-14-16(23)20-17(25-14)21-18-10-13-3-2-8-24-13/h2-8,10,14H,9H2,1H3,(H,19,22)(H,20,21,23)/b18-10-. The SMILES string of the molecule is Cc1ccc(NC(=O)CC2S/C(=N/N=C\c3ccco3)NC2=O)cc1. The first-order valence-electron chi connectivity index (χ1n) is 7.59. The highest BCUT2D eigenvalue weighted by Gasteiger charge is 2.32. The van der Waals surface area contributed by atoms with Crippen LogP contribution in [0.2, 0.25) is 0 Å². The maximum absolute atomic E-state index is 12.1. The van der Waals surface area contributed by atoms with Crippen molar-refractivity contribution in [1.29, 1.82) is 0 Å². The topological polar surface area (TPSA) is 96.1 Å². The van der Waals surface area contributed by atoms with Gasteiger partial charge in [0.1, 0.15) is 11.0 Å². The fraction of sp³-hybridized carbons (Fsp3) is 0.176. The summed E-state index contributed by atoms with van der Waals surface area (Å²) in [4.78, 5) is 24.0. The number of rotatable bonds is 5. The van der Waals surface area contributed by atoms with Gasteiger partial charge in [0.25, 0.3) is 0 Å². The van der Waals surface area contributed by atoms with Crippen LogP contribution in [-0.2, 0) is 9.59 Å². The Morgan fingerprint density at radius 1 is 1.36 bits per heavy atom. The average Bonchev–Trinajstić information content (AvgIpc) is 3.20. The summed E-state index contributed by atoms with van der Waals surface area (Å²) >= 11 is 1.18. The molecular formula is C17H16N4O3S. The van der Waals surface area contributed by atoms with Gasteiger partial charge in [-0.15, -0.1) is 5.10 Å². The Labute approximate surface area is 148 Å². The van der Waals surface area contributed by atoms with Crippen LogP contribution in [0.1, 0.15) is 17.7 Å². The Morgan fingerprint density at radius 3 is 2.88 bits per heavy atom. The lowest BCUT2D eigenvalue weighted by Crippen LogP contribution is -2.28. The molecule has 0 spiro atoms. The van der Waals surface area contributed by atoms with Gasteiger partial charge < -0.3 is 15.1 Å². The molecule has 7 nitrogen and oxygen atoms in total. The molecule has 1 saturated heterocycles. The minimum absolute atomic E-state index is 0.0608. The van der Waals surface area contributed by atoms with Gasteiger partial charge >= 0.3 is 0 Å². The lowest BCUT2D eigenvalue weighted by atomic mass is 10.2. The zero-order valence-corrected chi connectivity index (χ0v) is 14.2. The van der Waals surface area contributed by atoms with E-state index in [1.54, 1.807) is 12.1 Å². The third kappa shape index (κ3) is 4.80. The number of aryl methyl sites for hydroxylation is 1. The quantitative estimate of drug-likeness (QED) is 0.636. The first-order valence-corrected chi connectivity index (χ1v) is 8.47. The van der Waals surface area contributed by atoms with E-state index < -0.39 is 5.25 Å². The molecule has 25 heavy (non-hydrogen) atoms. The second kappa shape index (κ2) is 7.80. The molecular weight excluding hydrogens is 340 g/mol. The number of carbonyl (C=O) groups is 2. The summed E-state index contributed by atoms with van der Waals surface area (Å²) in [5.41, 5.74) is 1.82. The van der Waals surface area contributed by atoms with E-state index in [0.717, 1.165) is 5.56 Å². The Morgan fingerprint density at radius 2 is 2.16 bits per heavy atom. The van der Waals surface area contributed by atoms with Gasteiger partial charge in [-0.2, -0.15) is 5.10 Å². The number of nitrogens with zero attached hydrogens (tertiary/aromatic N) is 2. The molecule has 0 radical (unpaired) electrons. The number of benzene rings is 1. The van der Waals surface area contributed by atoms with E-state index >= 15 is 0 Å². The second-order valence-corrected chi connectivity index (χ2v) is 6.57. The molecule has 128 valence electrons. The molecule has 0 aliphatic carbocycles. The monoisotopic (exact) mass is 356 g/mol. The van der Waals surface area contributed by atoms with Crippen molar-refractivity contribution in [2.24, 2.45) is 10.2 Å². The van der Waals surface area contributed by atoms with Gasteiger partial charge in [-0.05, 0) is 31.2 Å².